The molecule has 2 aromatic heterocycles. The molecular weight excluding hydrogens is 346 g/mol. The zero-order valence-corrected chi connectivity index (χ0v) is 16.0. The zero-order chi connectivity index (χ0) is 18.7. The van der Waals surface area contributed by atoms with Crippen molar-refractivity contribution in [3.05, 3.63) is 48.3 Å². The second-order valence-corrected chi connectivity index (χ2v) is 7.11. The Labute approximate surface area is 156 Å². The van der Waals surface area contributed by atoms with Crippen LogP contribution < -0.4 is 15.5 Å². The maximum Gasteiger partial charge on any atom is 0.223 e. The number of nitrogens with one attached hydrogen (secondary N) is 2. The molecule has 0 unspecified atom stereocenters. The zero-order valence-electron chi connectivity index (χ0n) is 15.2. The van der Waals surface area contributed by atoms with Gasteiger partial charge in [0, 0.05) is 38.6 Å². The van der Waals surface area contributed by atoms with Crippen molar-refractivity contribution >= 4 is 39.6 Å². The van der Waals surface area contributed by atoms with E-state index in [9.17, 15) is 4.79 Å². The Morgan fingerprint density at radius 3 is 2.54 bits per heavy atom. The highest BCUT2D eigenvalue weighted by atomic mass is 32.1. The first-order valence-electron chi connectivity index (χ1n) is 8.18. The Morgan fingerprint density at radius 2 is 1.88 bits per heavy atom. The van der Waals surface area contributed by atoms with Gasteiger partial charge in [0.2, 0.25) is 5.91 Å². The number of carbonyl (C=O) groups excluding carboxylic acids is 1. The van der Waals surface area contributed by atoms with E-state index in [1.165, 1.54) is 18.3 Å². The molecule has 3 aromatic rings. The van der Waals surface area contributed by atoms with E-state index in [-0.39, 0.29) is 5.91 Å². The van der Waals surface area contributed by atoms with E-state index >= 15 is 0 Å². The van der Waals surface area contributed by atoms with Crippen molar-refractivity contribution in [1.29, 1.82) is 0 Å². The average molecular weight is 367 g/mol. The van der Waals surface area contributed by atoms with Crippen LogP contribution in [0.1, 0.15) is 12.6 Å². The fourth-order valence-electron chi connectivity index (χ4n) is 2.50. The van der Waals surface area contributed by atoms with Crippen LogP contribution in [0.5, 0.6) is 0 Å². The maximum atomic E-state index is 11.2. The molecule has 0 spiro atoms. The standard InChI is InChI=1S/C19H21N5OS/c1-12-18(26-19(21-12)22-13(2)25)14-9-10-20-17(11-14)23-15-5-7-16(8-6-15)24(3)4/h5-11H,1-4H3,(H,20,23)(H,21,22,25). The topological polar surface area (TPSA) is 70.1 Å². The highest BCUT2D eigenvalue weighted by Gasteiger charge is 2.11. The van der Waals surface area contributed by atoms with E-state index in [0.29, 0.717) is 5.13 Å². The molecule has 1 amide bonds. The highest BCUT2D eigenvalue weighted by molar-refractivity contribution is 7.19. The molecule has 0 fully saturated rings. The van der Waals surface area contributed by atoms with Gasteiger partial charge in [-0.1, -0.05) is 11.3 Å². The molecule has 1 aromatic carbocycles. The lowest BCUT2D eigenvalue weighted by Crippen LogP contribution is -2.08. The van der Waals surface area contributed by atoms with Gasteiger partial charge in [0.1, 0.15) is 5.82 Å². The first kappa shape index (κ1) is 17.9. The Morgan fingerprint density at radius 1 is 1.15 bits per heavy atom. The lowest BCUT2D eigenvalue weighted by molar-refractivity contribution is -0.114. The van der Waals surface area contributed by atoms with E-state index in [4.69, 9.17) is 0 Å². The lowest BCUT2D eigenvalue weighted by atomic mass is 10.2. The molecule has 0 saturated heterocycles. The number of pyridine rings is 1. The first-order valence-corrected chi connectivity index (χ1v) is 9.00. The molecule has 2 N–H and O–H groups in total. The Kier molecular flexibility index (Phi) is 5.18. The quantitative estimate of drug-likeness (QED) is 0.704. The number of aromatic nitrogens is 2. The second-order valence-electron chi connectivity index (χ2n) is 6.11. The van der Waals surface area contributed by atoms with E-state index in [2.05, 4.69) is 37.6 Å². The van der Waals surface area contributed by atoms with Gasteiger partial charge in [-0.05, 0) is 48.9 Å². The summed E-state index contributed by atoms with van der Waals surface area (Å²) in [7, 11) is 4.03. The van der Waals surface area contributed by atoms with Crippen molar-refractivity contribution in [3.8, 4) is 10.4 Å². The summed E-state index contributed by atoms with van der Waals surface area (Å²) in [5.41, 5.74) is 4.01. The number of aryl methyl sites for hydroxylation is 1. The van der Waals surface area contributed by atoms with Gasteiger partial charge in [-0.15, -0.1) is 0 Å². The largest absolute Gasteiger partial charge is 0.378 e. The molecule has 7 heteroatoms. The third-order valence-corrected chi connectivity index (χ3v) is 4.88. The highest BCUT2D eigenvalue weighted by Crippen LogP contribution is 2.33. The summed E-state index contributed by atoms with van der Waals surface area (Å²) in [5, 5.41) is 6.67. The molecule has 3 rings (SSSR count). The number of anilines is 4. The Balaban J connectivity index is 1.82. The van der Waals surface area contributed by atoms with Crippen LogP contribution in [0.15, 0.2) is 42.6 Å². The summed E-state index contributed by atoms with van der Waals surface area (Å²) in [4.78, 5) is 23.1. The van der Waals surface area contributed by atoms with Crippen LogP contribution >= 0.6 is 11.3 Å². The lowest BCUT2D eigenvalue weighted by Gasteiger charge is -2.13. The number of nitrogens with zero attached hydrogens (tertiary/aromatic N) is 3. The van der Waals surface area contributed by atoms with E-state index in [1.807, 2.05) is 45.3 Å². The van der Waals surface area contributed by atoms with Gasteiger partial charge in [-0.25, -0.2) is 9.97 Å². The molecule has 0 saturated carbocycles. The van der Waals surface area contributed by atoms with Crippen LogP contribution in [-0.4, -0.2) is 30.0 Å². The van der Waals surface area contributed by atoms with Gasteiger partial charge in [-0.2, -0.15) is 0 Å². The number of thiazole rings is 1. The van der Waals surface area contributed by atoms with Gasteiger partial charge < -0.3 is 15.5 Å². The average Bonchev–Trinajstić information content (AvgIpc) is 2.95. The van der Waals surface area contributed by atoms with Crippen LogP contribution in [0.2, 0.25) is 0 Å². The summed E-state index contributed by atoms with van der Waals surface area (Å²) < 4.78 is 0. The van der Waals surface area contributed by atoms with Gasteiger partial charge in [0.05, 0.1) is 10.6 Å². The van der Waals surface area contributed by atoms with Crippen molar-refractivity contribution in [1.82, 2.24) is 9.97 Å². The van der Waals surface area contributed by atoms with Crippen LogP contribution in [0.4, 0.5) is 22.3 Å². The van der Waals surface area contributed by atoms with E-state index in [1.54, 1.807) is 6.20 Å². The van der Waals surface area contributed by atoms with Crippen LogP contribution in [-0.2, 0) is 4.79 Å². The number of hydrogen-bond donors (Lipinski definition) is 2. The summed E-state index contributed by atoms with van der Waals surface area (Å²) in [5.74, 6) is 0.637. The minimum absolute atomic E-state index is 0.122. The van der Waals surface area contributed by atoms with Gasteiger partial charge in [0.25, 0.3) is 0 Å². The minimum atomic E-state index is -0.122. The van der Waals surface area contributed by atoms with Crippen LogP contribution in [0.3, 0.4) is 0 Å². The third kappa shape index (κ3) is 4.18. The molecule has 6 nitrogen and oxygen atoms in total. The molecule has 0 atom stereocenters. The molecule has 0 aliphatic heterocycles. The van der Waals surface area contributed by atoms with Crippen LogP contribution in [0, 0.1) is 6.92 Å². The maximum absolute atomic E-state index is 11.2. The molecule has 2 heterocycles. The number of benzene rings is 1. The monoisotopic (exact) mass is 367 g/mol. The second kappa shape index (κ2) is 7.53. The Bertz CT molecular complexity index is 918. The molecule has 0 aliphatic carbocycles. The van der Waals surface area contributed by atoms with Crippen molar-refractivity contribution < 1.29 is 4.79 Å². The van der Waals surface area contributed by atoms with Gasteiger partial charge in [0.15, 0.2) is 5.13 Å². The number of carbonyl (C=O) groups is 1. The van der Waals surface area contributed by atoms with Gasteiger partial charge in [-0.3, -0.25) is 4.79 Å². The molecule has 0 radical (unpaired) electrons. The van der Waals surface area contributed by atoms with Crippen molar-refractivity contribution in [2.45, 2.75) is 13.8 Å². The predicted octanol–water partition coefficient (Wildman–Crippen LogP) is 4.28. The van der Waals surface area contributed by atoms with E-state index < -0.39 is 0 Å². The fourth-order valence-corrected chi connectivity index (χ4v) is 3.51. The summed E-state index contributed by atoms with van der Waals surface area (Å²) >= 11 is 1.46. The SMILES string of the molecule is CC(=O)Nc1nc(C)c(-c2ccnc(Nc3ccc(N(C)C)cc3)c2)s1. The smallest absolute Gasteiger partial charge is 0.223 e. The number of hydrogen-bond acceptors (Lipinski definition) is 6. The number of rotatable bonds is 5. The van der Waals surface area contributed by atoms with Gasteiger partial charge >= 0.3 is 0 Å². The summed E-state index contributed by atoms with van der Waals surface area (Å²) in [6.07, 6.45) is 1.77. The molecule has 0 bridgehead atoms. The predicted molar refractivity (Wildman–Crippen MR) is 108 cm³/mol. The van der Waals surface area contributed by atoms with Crippen molar-refractivity contribution in [2.24, 2.45) is 0 Å². The summed E-state index contributed by atoms with van der Waals surface area (Å²) in [6, 6.07) is 12.1. The minimum Gasteiger partial charge on any atom is -0.378 e. The molecular formula is C19H21N5OS. The molecule has 26 heavy (non-hydrogen) atoms. The van der Waals surface area contributed by atoms with Crippen molar-refractivity contribution in [3.63, 3.8) is 0 Å². The first-order chi connectivity index (χ1) is 12.4. The summed E-state index contributed by atoms with van der Waals surface area (Å²) in [6.45, 7) is 3.41. The Hall–Kier alpha value is -2.93. The fraction of sp³-hybridized carbons (Fsp3) is 0.211. The normalized spacial score (nSPS) is 10.5. The molecule has 134 valence electrons. The van der Waals surface area contributed by atoms with E-state index in [0.717, 1.165) is 33.3 Å². The van der Waals surface area contributed by atoms with Crippen LogP contribution in [0.25, 0.3) is 10.4 Å². The van der Waals surface area contributed by atoms with Crippen molar-refractivity contribution in [2.75, 3.05) is 29.6 Å². The third-order valence-electron chi connectivity index (χ3n) is 3.76. The number of amides is 1. The molecule has 0 aliphatic rings.